The summed E-state index contributed by atoms with van der Waals surface area (Å²) in [6, 6.07) is 8.60. The van der Waals surface area contributed by atoms with E-state index < -0.39 is 0 Å². The van der Waals surface area contributed by atoms with Crippen LogP contribution in [0.1, 0.15) is 31.2 Å². The van der Waals surface area contributed by atoms with E-state index in [1.165, 1.54) is 36.1 Å². The van der Waals surface area contributed by atoms with Gasteiger partial charge in [-0.1, -0.05) is 36.6 Å². The van der Waals surface area contributed by atoms with Gasteiger partial charge in [-0.05, 0) is 25.0 Å². The van der Waals surface area contributed by atoms with Crippen LogP contribution in [0, 0.1) is 0 Å². The summed E-state index contributed by atoms with van der Waals surface area (Å²) in [4.78, 5) is 15.2. The molecule has 1 saturated carbocycles. The highest BCUT2D eigenvalue weighted by atomic mass is 35.5. The van der Waals surface area contributed by atoms with E-state index in [2.05, 4.69) is 17.4 Å². The first-order valence-corrected chi connectivity index (χ1v) is 9.28. The van der Waals surface area contributed by atoms with Gasteiger partial charge in [-0.25, -0.2) is 0 Å². The van der Waals surface area contributed by atoms with E-state index >= 15 is 0 Å². The zero-order chi connectivity index (χ0) is 16.1. The van der Waals surface area contributed by atoms with Crippen LogP contribution in [0.5, 0.6) is 0 Å². The number of benzene rings is 1. The largest absolute Gasteiger partial charge is 0.348 e. The molecule has 1 aliphatic heterocycles. The van der Waals surface area contributed by atoms with Crippen molar-refractivity contribution in [2.75, 3.05) is 32.7 Å². The number of halogens is 1. The van der Waals surface area contributed by atoms with Gasteiger partial charge in [0.25, 0.3) is 5.91 Å². The molecule has 1 aromatic carbocycles. The van der Waals surface area contributed by atoms with Gasteiger partial charge in [-0.2, -0.15) is 0 Å². The first-order chi connectivity index (χ1) is 11.2. The number of amides is 1. The molecule has 2 fully saturated rings. The Hall–Kier alpha value is -1.10. The van der Waals surface area contributed by atoms with Crippen LogP contribution in [0.4, 0.5) is 0 Å². The molecule has 1 aliphatic carbocycles. The highest BCUT2D eigenvalue weighted by molar-refractivity contribution is 6.30. The Morgan fingerprint density at radius 1 is 1.04 bits per heavy atom. The maximum Gasteiger partial charge on any atom is 0.275 e. The molecule has 3 N–H and O–H groups in total. The SMILES string of the molecule is O=C(C[NH+]1CC[NH+](Cc2ccc(Cl)cc2)CC1)NC1CCCC1. The van der Waals surface area contributed by atoms with Crippen molar-refractivity contribution in [1.82, 2.24) is 5.32 Å². The standard InChI is InChI=1S/C18H26ClN3O/c19-16-7-5-15(6-8-16)13-21-9-11-22(12-10-21)14-18(23)20-17-3-1-2-4-17/h5-8,17H,1-4,9-14H2,(H,20,23)/p+2. The summed E-state index contributed by atoms with van der Waals surface area (Å²) in [5.74, 6) is 0.244. The molecule has 4 nitrogen and oxygen atoms in total. The maximum absolute atomic E-state index is 12.1. The van der Waals surface area contributed by atoms with Crippen molar-refractivity contribution in [3.63, 3.8) is 0 Å². The quantitative estimate of drug-likeness (QED) is 0.677. The van der Waals surface area contributed by atoms with Gasteiger partial charge < -0.3 is 15.1 Å². The van der Waals surface area contributed by atoms with Gasteiger partial charge in [0, 0.05) is 16.6 Å². The summed E-state index contributed by atoms with van der Waals surface area (Å²) < 4.78 is 0. The third-order valence-electron chi connectivity index (χ3n) is 5.16. The van der Waals surface area contributed by atoms with Gasteiger partial charge >= 0.3 is 0 Å². The van der Waals surface area contributed by atoms with E-state index in [1.807, 2.05) is 12.1 Å². The molecule has 3 rings (SSSR count). The second kappa shape index (κ2) is 8.13. The Kier molecular flexibility index (Phi) is 5.92. The van der Waals surface area contributed by atoms with Crippen molar-refractivity contribution in [3.8, 4) is 0 Å². The normalized spacial score (nSPS) is 25.4. The number of carbonyl (C=O) groups excluding carboxylic acids is 1. The Bertz CT molecular complexity index is 506. The molecule has 23 heavy (non-hydrogen) atoms. The number of nitrogens with one attached hydrogen (secondary N) is 3. The van der Waals surface area contributed by atoms with Crippen LogP contribution in [-0.4, -0.2) is 44.7 Å². The first kappa shape index (κ1) is 16.7. The monoisotopic (exact) mass is 337 g/mol. The molecule has 1 heterocycles. The van der Waals surface area contributed by atoms with Crippen LogP contribution in [0.15, 0.2) is 24.3 Å². The average Bonchev–Trinajstić information content (AvgIpc) is 3.04. The summed E-state index contributed by atoms with van der Waals surface area (Å²) in [6.45, 7) is 6.13. The predicted molar refractivity (Wildman–Crippen MR) is 91.8 cm³/mol. The molecule has 0 radical (unpaired) electrons. The first-order valence-electron chi connectivity index (χ1n) is 8.90. The summed E-state index contributed by atoms with van der Waals surface area (Å²) in [5, 5.41) is 4.00. The van der Waals surface area contributed by atoms with Crippen LogP contribution in [-0.2, 0) is 11.3 Å². The summed E-state index contributed by atoms with van der Waals surface area (Å²) in [6.07, 6.45) is 4.87. The van der Waals surface area contributed by atoms with Gasteiger partial charge in [0.2, 0.25) is 0 Å². The molecule has 0 atom stereocenters. The molecular weight excluding hydrogens is 310 g/mol. The lowest BCUT2D eigenvalue weighted by atomic mass is 10.2. The lowest BCUT2D eigenvalue weighted by Crippen LogP contribution is -3.28. The fourth-order valence-corrected chi connectivity index (χ4v) is 3.90. The van der Waals surface area contributed by atoms with Crippen LogP contribution in [0.25, 0.3) is 0 Å². The number of hydrogen-bond donors (Lipinski definition) is 3. The minimum atomic E-state index is 0.244. The Morgan fingerprint density at radius 2 is 1.65 bits per heavy atom. The predicted octanol–water partition coefficient (Wildman–Crippen LogP) is -0.318. The van der Waals surface area contributed by atoms with E-state index in [0.717, 1.165) is 37.7 Å². The van der Waals surface area contributed by atoms with E-state index in [4.69, 9.17) is 11.6 Å². The van der Waals surface area contributed by atoms with E-state index in [-0.39, 0.29) is 5.91 Å². The fraction of sp³-hybridized carbons (Fsp3) is 0.611. The molecule has 1 saturated heterocycles. The van der Waals surface area contributed by atoms with Crippen molar-refractivity contribution in [3.05, 3.63) is 34.9 Å². The van der Waals surface area contributed by atoms with Crippen molar-refractivity contribution >= 4 is 17.5 Å². The van der Waals surface area contributed by atoms with Gasteiger partial charge in [-0.15, -0.1) is 0 Å². The maximum atomic E-state index is 12.1. The van der Waals surface area contributed by atoms with Crippen molar-refractivity contribution < 1.29 is 14.6 Å². The number of carbonyl (C=O) groups is 1. The lowest BCUT2D eigenvalue weighted by Gasteiger charge is -2.29. The third kappa shape index (κ3) is 5.20. The van der Waals surface area contributed by atoms with E-state index in [9.17, 15) is 4.79 Å². The molecule has 5 heteroatoms. The van der Waals surface area contributed by atoms with E-state index in [0.29, 0.717) is 12.6 Å². The van der Waals surface area contributed by atoms with Crippen molar-refractivity contribution in [1.29, 1.82) is 0 Å². The van der Waals surface area contributed by atoms with Gasteiger partial charge in [0.1, 0.15) is 32.7 Å². The molecule has 0 aromatic heterocycles. The van der Waals surface area contributed by atoms with Gasteiger partial charge in [-0.3, -0.25) is 4.79 Å². The highest BCUT2D eigenvalue weighted by Gasteiger charge is 2.26. The highest BCUT2D eigenvalue weighted by Crippen LogP contribution is 2.17. The Morgan fingerprint density at radius 3 is 2.30 bits per heavy atom. The molecule has 0 bridgehead atoms. The summed E-state index contributed by atoms with van der Waals surface area (Å²) in [5.41, 5.74) is 1.34. The molecule has 126 valence electrons. The Balaban J connectivity index is 1.37. The van der Waals surface area contributed by atoms with Crippen molar-refractivity contribution in [2.24, 2.45) is 0 Å². The van der Waals surface area contributed by atoms with Gasteiger partial charge in [0.15, 0.2) is 6.54 Å². The average molecular weight is 338 g/mol. The number of hydrogen-bond acceptors (Lipinski definition) is 1. The molecule has 1 aromatic rings. The molecule has 0 unspecified atom stereocenters. The second-order valence-electron chi connectivity index (χ2n) is 7.03. The molecule has 1 amide bonds. The van der Waals surface area contributed by atoms with E-state index in [1.54, 1.807) is 4.90 Å². The van der Waals surface area contributed by atoms with Crippen LogP contribution in [0.3, 0.4) is 0 Å². The minimum Gasteiger partial charge on any atom is -0.348 e. The van der Waals surface area contributed by atoms with Crippen LogP contribution < -0.4 is 15.1 Å². The van der Waals surface area contributed by atoms with Gasteiger partial charge in [0.05, 0.1) is 0 Å². The zero-order valence-corrected chi connectivity index (χ0v) is 14.5. The third-order valence-corrected chi connectivity index (χ3v) is 5.41. The molecular formula is C18H28ClN3O+2. The minimum absolute atomic E-state index is 0.244. The fourth-order valence-electron chi connectivity index (χ4n) is 3.78. The van der Waals surface area contributed by atoms with Crippen molar-refractivity contribution in [2.45, 2.75) is 38.3 Å². The van der Waals surface area contributed by atoms with Crippen LogP contribution in [0.2, 0.25) is 5.02 Å². The second-order valence-corrected chi connectivity index (χ2v) is 7.47. The molecule has 2 aliphatic rings. The smallest absolute Gasteiger partial charge is 0.275 e. The topological polar surface area (TPSA) is 38.0 Å². The Labute approximate surface area is 143 Å². The zero-order valence-electron chi connectivity index (χ0n) is 13.7. The molecule has 0 spiro atoms. The number of quaternary nitrogens is 2. The van der Waals surface area contributed by atoms with Crippen LogP contribution >= 0.6 is 11.6 Å². The summed E-state index contributed by atoms with van der Waals surface area (Å²) >= 11 is 5.93. The lowest BCUT2D eigenvalue weighted by molar-refractivity contribution is -1.02. The number of rotatable bonds is 5. The number of piperazine rings is 1. The summed E-state index contributed by atoms with van der Waals surface area (Å²) in [7, 11) is 0.